The smallest absolute Gasteiger partial charge is 0.238 e. The molecule has 2 aromatic carbocycles. The molecule has 0 aliphatic heterocycles. The summed E-state index contributed by atoms with van der Waals surface area (Å²) in [5.74, 6) is -1.64. The maximum Gasteiger partial charge on any atom is 0.238 e. The van der Waals surface area contributed by atoms with E-state index < -0.39 is 11.6 Å². The fraction of sp³-hybridized carbons (Fsp3) is 0.316. The van der Waals surface area contributed by atoms with Crippen LogP contribution in [-0.2, 0) is 4.79 Å². The first-order valence-electron chi connectivity index (χ1n) is 8.21. The maximum atomic E-state index is 13.7. The Hall–Kier alpha value is -1.98. The second-order valence-corrected chi connectivity index (χ2v) is 6.68. The molecule has 3 nitrogen and oxygen atoms in total. The highest BCUT2D eigenvalue weighted by atomic mass is 35.5. The molecule has 0 aromatic heterocycles. The number of hydrogen-bond donors (Lipinski definition) is 1. The monoisotopic (exact) mass is 364 g/mol. The van der Waals surface area contributed by atoms with Gasteiger partial charge in [-0.05, 0) is 43.5 Å². The number of halogens is 3. The van der Waals surface area contributed by atoms with Crippen molar-refractivity contribution in [2.75, 3.05) is 11.9 Å². The number of hydrogen-bond acceptors (Lipinski definition) is 2. The van der Waals surface area contributed by atoms with Crippen LogP contribution in [-0.4, -0.2) is 23.4 Å². The molecule has 25 heavy (non-hydrogen) atoms. The van der Waals surface area contributed by atoms with E-state index in [0.29, 0.717) is 11.1 Å². The SMILES string of the molecule is C[C@@H](c1ccccc1Cl)N(CC(=O)Nc1cc(F)ccc1F)C1CC1. The van der Waals surface area contributed by atoms with Gasteiger partial charge in [-0.25, -0.2) is 8.78 Å². The summed E-state index contributed by atoms with van der Waals surface area (Å²) >= 11 is 6.27. The van der Waals surface area contributed by atoms with Crippen LogP contribution in [0, 0.1) is 11.6 Å². The zero-order valence-electron chi connectivity index (χ0n) is 13.8. The predicted octanol–water partition coefficient (Wildman–Crippen LogP) is 4.78. The Balaban J connectivity index is 1.73. The van der Waals surface area contributed by atoms with Crippen molar-refractivity contribution in [2.24, 2.45) is 0 Å². The normalized spacial score (nSPS) is 15.2. The van der Waals surface area contributed by atoms with Gasteiger partial charge in [0.15, 0.2) is 0 Å². The number of benzene rings is 2. The van der Waals surface area contributed by atoms with Gasteiger partial charge in [0.25, 0.3) is 0 Å². The van der Waals surface area contributed by atoms with Crippen LogP contribution in [0.3, 0.4) is 0 Å². The molecule has 0 radical (unpaired) electrons. The van der Waals surface area contributed by atoms with Crippen LogP contribution in [0.1, 0.15) is 31.4 Å². The summed E-state index contributed by atoms with van der Waals surface area (Å²) in [5.41, 5.74) is 0.798. The fourth-order valence-electron chi connectivity index (χ4n) is 2.93. The van der Waals surface area contributed by atoms with E-state index in [1.54, 1.807) is 0 Å². The van der Waals surface area contributed by atoms with Gasteiger partial charge in [-0.1, -0.05) is 29.8 Å². The maximum absolute atomic E-state index is 13.7. The van der Waals surface area contributed by atoms with E-state index in [9.17, 15) is 13.6 Å². The van der Waals surface area contributed by atoms with E-state index in [1.807, 2.05) is 36.1 Å². The Bertz CT molecular complexity index is 780. The van der Waals surface area contributed by atoms with Crippen molar-refractivity contribution in [3.8, 4) is 0 Å². The van der Waals surface area contributed by atoms with Gasteiger partial charge < -0.3 is 5.32 Å². The Morgan fingerprint density at radius 2 is 2.00 bits per heavy atom. The summed E-state index contributed by atoms with van der Waals surface area (Å²) in [6, 6.07) is 10.8. The first-order valence-corrected chi connectivity index (χ1v) is 8.58. The van der Waals surface area contributed by atoms with Crippen molar-refractivity contribution in [3.63, 3.8) is 0 Å². The molecule has 0 unspecified atom stereocenters. The molecule has 1 atom stereocenters. The average molecular weight is 365 g/mol. The molecule has 0 heterocycles. The molecule has 0 saturated heterocycles. The Labute approximate surface area is 150 Å². The largest absolute Gasteiger partial charge is 0.322 e. The molecule has 1 saturated carbocycles. The minimum Gasteiger partial charge on any atom is -0.322 e. The number of nitrogens with one attached hydrogen (secondary N) is 1. The van der Waals surface area contributed by atoms with Crippen molar-refractivity contribution in [2.45, 2.75) is 31.8 Å². The predicted molar refractivity (Wildman–Crippen MR) is 94.6 cm³/mol. The Kier molecular flexibility index (Phi) is 5.35. The third-order valence-electron chi connectivity index (χ3n) is 4.40. The third kappa shape index (κ3) is 4.35. The highest BCUT2D eigenvalue weighted by molar-refractivity contribution is 6.31. The number of anilines is 1. The van der Waals surface area contributed by atoms with Gasteiger partial charge in [0, 0.05) is 23.2 Å². The summed E-state index contributed by atoms with van der Waals surface area (Å²) < 4.78 is 27.0. The molecule has 6 heteroatoms. The summed E-state index contributed by atoms with van der Waals surface area (Å²) in [6.07, 6.45) is 2.02. The van der Waals surface area contributed by atoms with Crippen molar-refractivity contribution in [1.82, 2.24) is 4.90 Å². The number of amides is 1. The molecule has 1 amide bonds. The molecule has 0 bridgehead atoms. The Morgan fingerprint density at radius 3 is 2.68 bits per heavy atom. The fourth-order valence-corrected chi connectivity index (χ4v) is 3.22. The van der Waals surface area contributed by atoms with E-state index in [-0.39, 0.29) is 24.2 Å². The van der Waals surface area contributed by atoms with Crippen LogP contribution in [0.4, 0.5) is 14.5 Å². The second kappa shape index (κ2) is 7.50. The molecule has 132 valence electrons. The Morgan fingerprint density at radius 1 is 1.28 bits per heavy atom. The van der Waals surface area contributed by atoms with Gasteiger partial charge in [-0.3, -0.25) is 9.69 Å². The van der Waals surface area contributed by atoms with Crippen LogP contribution >= 0.6 is 11.6 Å². The van der Waals surface area contributed by atoms with E-state index >= 15 is 0 Å². The molecule has 1 fully saturated rings. The number of carbonyl (C=O) groups is 1. The number of carbonyl (C=O) groups excluding carboxylic acids is 1. The number of rotatable bonds is 6. The highest BCUT2D eigenvalue weighted by Crippen LogP contribution is 2.36. The molecule has 1 N–H and O–H groups in total. The summed E-state index contributed by atoms with van der Waals surface area (Å²) in [7, 11) is 0. The second-order valence-electron chi connectivity index (χ2n) is 6.27. The lowest BCUT2D eigenvalue weighted by Crippen LogP contribution is -2.37. The van der Waals surface area contributed by atoms with Crippen LogP contribution in [0.25, 0.3) is 0 Å². The van der Waals surface area contributed by atoms with Gasteiger partial charge in [0.05, 0.1) is 12.2 Å². The van der Waals surface area contributed by atoms with Crippen LogP contribution in [0.15, 0.2) is 42.5 Å². The average Bonchev–Trinajstić information content (AvgIpc) is 3.41. The quantitative estimate of drug-likeness (QED) is 0.799. The lowest BCUT2D eigenvalue weighted by Gasteiger charge is -2.29. The first kappa shape index (κ1) is 17.8. The topological polar surface area (TPSA) is 32.3 Å². The van der Waals surface area contributed by atoms with E-state index in [4.69, 9.17) is 11.6 Å². The molecule has 3 rings (SSSR count). The van der Waals surface area contributed by atoms with Gasteiger partial charge in [-0.2, -0.15) is 0 Å². The van der Waals surface area contributed by atoms with Crippen LogP contribution in [0.5, 0.6) is 0 Å². The van der Waals surface area contributed by atoms with Crippen LogP contribution < -0.4 is 5.32 Å². The zero-order chi connectivity index (χ0) is 18.0. The first-order chi connectivity index (χ1) is 12.0. The third-order valence-corrected chi connectivity index (χ3v) is 4.74. The van der Waals surface area contributed by atoms with Gasteiger partial charge in [0.1, 0.15) is 11.6 Å². The van der Waals surface area contributed by atoms with Gasteiger partial charge >= 0.3 is 0 Å². The summed E-state index contributed by atoms with van der Waals surface area (Å²) in [6.45, 7) is 2.09. The van der Waals surface area contributed by atoms with Crippen molar-refractivity contribution in [1.29, 1.82) is 0 Å². The minimum atomic E-state index is -0.660. The van der Waals surface area contributed by atoms with E-state index in [2.05, 4.69) is 5.32 Å². The molecule has 2 aromatic rings. The molecule has 1 aliphatic carbocycles. The summed E-state index contributed by atoms with van der Waals surface area (Å²) in [5, 5.41) is 3.11. The minimum absolute atomic E-state index is 0.0516. The highest BCUT2D eigenvalue weighted by Gasteiger charge is 2.34. The molecule has 0 spiro atoms. The number of nitrogens with zero attached hydrogens (tertiary/aromatic N) is 1. The lowest BCUT2D eigenvalue weighted by molar-refractivity contribution is -0.118. The summed E-state index contributed by atoms with van der Waals surface area (Å²) in [4.78, 5) is 14.4. The van der Waals surface area contributed by atoms with Crippen molar-refractivity contribution < 1.29 is 13.6 Å². The van der Waals surface area contributed by atoms with Crippen molar-refractivity contribution in [3.05, 3.63) is 64.7 Å². The van der Waals surface area contributed by atoms with E-state index in [0.717, 1.165) is 36.6 Å². The van der Waals surface area contributed by atoms with Crippen LogP contribution in [0.2, 0.25) is 5.02 Å². The van der Waals surface area contributed by atoms with Gasteiger partial charge in [-0.15, -0.1) is 0 Å². The molecular weight excluding hydrogens is 346 g/mol. The lowest BCUT2D eigenvalue weighted by atomic mass is 10.1. The molecular formula is C19H19ClF2N2O. The van der Waals surface area contributed by atoms with E-state index in [1.165, 1.54) is 0 Å². The molecule has 1 aliphatic rings. The standard InChI is InChI=1S/C19H19ClF2N2O/c1-12(15-4-2-3-5-16(15)20)24(14-7-8-14)11-19(25)23-18-10-13(21)6-9-17(18)22/h2-6,9-10,12,14H,7-8,11H2,1H3,(H,23,25)/t12-/m0/s1. The van der Waals surface area contributed by atoms with Crippen molar-refractivity contribution >= 4 is 23.2 Å². The van der Waals surface area contributed by atoms with Gasteiger partial charge in [0.2, 0.25) is 5.91 Å². The zero-order valence-corrected chi connectivity index (χ0v) is 14.6.